The first kappa shape index (κ1) is 16.2. The van der Waals surface area contributed by atoms with Gasteiger partial charge in [-0.3, -0.25) is 4.79 Å². The molecule has 1 amide bonds. The number of carbonyl (C=O) groups excluding carboxylic acids is 1. The van der Waals surface area contributed by atoms with Crippen LogP contribution in [0.3, 0.4) is 0 Å². The third-order valence-electron chi connectivity index (χ3n) is 2.89. The van der Waals surface area contributed by atoms with Gasteiger partial charge in [0.15, 0.2) is 0 Å². The number of aromatic hydroxyl groups is 1. The lowest BCUT2D eigenvalue weighted by atomic mass is 10.1. The first-order valence-electron chi connectivity index (χ1n) is 6.50. The fourth-order valence-corrected chi connectivity index (χ4v) is 2.15. The van der Waals surface area contributed by atoms with Crippen LogP contribution in [0.15, 0.2) is 52.0 Å². The summed E-state index contributed by atoms with van der Waals surface area (Å²) < 4.78 is 5.82. The lowest BCUT2D eigenvalue weighted by Gasteiger charge is -2.03. The number of hydrazone groups is 1. The van der Waals surface area contributed by atoms with E-state index in [0.717, 1.165) is 10.0 Å². The van der Waals surface area contributed by atoms with E-state index in [2.05, 4.69) is 26.5 Å². The molecule has 2 aromatic rings. The van der Waals surface area contributed by atoms with Crippen LogP contribution in [-0.2, 0) is 11.3 Å². The molecular formula is C16H15BrN2O3. The number of nitrogens with one attached hydrogen (secondary N) is 1. The van der Waals surface area contributed by atoms with Gasteiger partial charge in [-0.15, -0.1) is 0 Å². The predicted molar refractivity (Wildman–Crippen MR) is 88.0 cm³/mol. The summed E-state index contributed by atoms with van der Waals surface area (Å²) in [4.78, 5) is 11.9. The van der Waals surface area contributed by atoms with E-state index in [1.54, 1.807) is 37.4 Å². The zero-order valence-electron chi connectivity index (χ0n) is 11.9. The third-order valence-corrected chi connectivity index (χ3v) is 3.38. The first-order valence-corrected chi connectivity index (χ1v) is 7.29. The van der Waals surface area contributed by atoms with Crippen molar-refractivity contribution in [1.29, 1.82) is 0 Å². The lowest BCUT2D eigenvalue weighted by molar-refractivity contribution is 0.0955. The maximum absolute atomic E-state index is 11.9. The second kappa shape index (κ2) is 7.72. The van der Waals surface area contributed by atoms with Gasteiger partial charge in [0.2, 0.25) is 0 Å². The molecule has 6 heteroatoms. The van der Waals surface area contributed by atoms with Crippen molar-refractivity contribution in [3.05, 3.63) is 63.6 Å². The van der Waals surface area contributed by atoms with Crippen molar-refractivity contribution >= 4 is 28.1 Å². The number of rotatable bonds is 5. The van der Waals surface area contributed by atoms with Crippen LogP contribution >= 0.6 is 15.9 Å². The SMILES string of the molecule is COCc1ccc(C(=O)N/N=C/c2cc(Br)ccc2O)cc1. The number of phenols is 1. The molecule has 0 fully saturated rings. The van der Waals surface area contributed by atoms with E-state index >= 15 is 0 Å². The summed E-state index contributed by atoms with van der Waals surface area (Å²) in [6, 6.07) is 12.0. The molecule has 22 heavy (non-hydrogen) atoms. The number of carbonyl (C=O) groups is 1. The molecule has 2 N–H and O–H groups in total. The molecule has 0 saturated carbocycles. The van der Waals surface area contributed by atoms with Gasteiger partial charge in [0.1, 0.15) is 5.75 Å². The molecule has 0 heterocycles. The molecule has 0 unspecified atom stereocenters. The Morgan fingerprint density at radius 1 is 1.32 bits per heavy atom. The molecule has 2 aromatic carbocycles. The summed E-state index contributed by atoms with van der Waals surface area (Å²) in [5.74, 6) is -0.236. The number of hydrogen-bond acceptors (Lipinski definition) is 4. The molecule has 0 saturated heterocycles. The Labute approximate surface area is 136 Å². The van der Waals surface area contributed by atoms with Gasteiger partial charge in [-0.05, 0) is 35.9 Å². The summed E-state index contributed by atoms with van der Waals surface area (Å²) in [5, 5.41) is 13.5. The average Bonchev–Trinajstić information content (AvgIpc) is 2.51. The van der Waals surface area contributed by atoms with E-state index in [1.165, 1.54) is 6.21 Å². The molecule has 0 aromatic heterocycles. The molecule has 0 aliphatic heterocycles. The Morgan fingerprint density at radius 3 is 2.73 bits per heavy atom. The van der Waals surface area contributed by atoms with Crippen LogP contribution in [0.5, 0.6) is 5.75 Å². The van der Waals surface area contributed by atoms with Gasteiger partial charge in [-0.2, -0.15) is 5.10 Å². The maximum atomic E-state index is 11.9. The van der Waals surface area contributed by atoms with Gasteiger partial charge in [0.25, 0.3) is 5.91 Å². The summed E-state index contributed by atoms with van der Waals surface area (Å²) in [7, 11) is 1.62. The minimum absolute atomic E-state index is 0.0881. The quantitative estimate of drug-likeness (QED) is 0.634. The van der Waals surface area contributed by atoms with E-state index < -0.39 is 0 Å². The highest BCUT2D eigenvalue weighted by Crippen LogP contribution is 2.19. The maximum Gasteiger partial charge on any atom is 0.271 e. The highest BCUT2D eigenvalue weighted by Gasteiger charge is 2.04. The van der Waals surface area contributed by atoms with Gasteiger partial charge >= 0.3 is 0 Å². The zero-order valence-corrected chi connectivity index (χ0v) is 13.5. The Hall–Kier alpha value is -2.18. The molecule has 0 aliphatic carbocycles. The van der Waals surface area contributed by atoms with E-state index in [1.807, 2.05) is 12.1 Å². The number of nitrogens with zero attached hydrogens (tertiary/aromatic N) is 1. The Balaban J connectivity index is 2.00. The highest BCUT2D eigenvalue weighted by molar-refractivity contribution is 9.10. The molecule has 114 valence electrons. The third kappa shape index (κ3) is 4.41. The van der Waals surface area contributed by atoms with Crippen molar-refractivity contribution in [2.75, 3.05) is 7.11 Å². The van der Waals surface area contributed by atoms with E-state index in [0.29, 0.717) is 17.7 Å². The number of amides is 1. The van der Waals surface area contributed by atoms with E-state index in [4.69, 9.17) is 4.74 Å². The van der Waals surface area contributed by atoms with Crippen LogP contribution in [0.1, 0.15) is 21.5 Å². The van der Waals surface area contributed by atoms with Crippen LogP contribution in [0.2, 0.25) is 0 Å². The van der Waals surface area contributed by atoms with Crippen molar-refractivity contribution < 1.29 is 14.6 Å². The standard InChI is InChI=1S/C16H15BrN2O3/c1-22-10-11-2-4-12(5-3-11)16(21)19-18-9-13-8-14(17)6-7-15(13)20/h2-9,20H,10H2,1H3,(H,19,21)/b18-9+. The number of hydrogen-bond donors (Lipinski definition) is 2. The van der Waals surface area contributed by atoms with Crippen molar-refractivity contribution in [3.63, 3.8) is 0 Å². The van der Waals surface area contributed by atoms with Gasteiger partial charge in [-0.25, -0.2) is 5.43 Å². The largest absolute Gasteiger partial charge is 0.507 e. The second-order valence-corrected chi connectivity index (χ2v) is 5.45. The number of ether oxygens (including phenoxy) is 1. The average molecular weight is 363 g/mol. The highest BCUT2D eigenvalue weighted by atomic mass is 79.9. The number of halogens is 1. The molecule has 0 radical (unpaired) electrons. The Morgan fingerprint density at radius 2 is 2.05 bits per heavy atom. The van der Waals surface area contributed by atoms with Gasteiger partial charge in [0, 0.05) is 22.7 Å². The molecule has 0 bridgehead atoms. The minimum atomic E-state index is -0.324. The van der Waals surface area contributed by atoms with Gasteiger partial charge in [-0.1, -0.05) is 28.1 Å². The van der Waals surface area contributed by atoms with Crippen LogP contribution in [0, 0.1) is 0 Å². The minimum Gasteiger partial charge on any atom is -0.507 e. The van der Waals surface area contributed by atoms with Crippen LogP contribution < -0.4 is 5.43 Å². The first-order chi connectivity index (χ1) is 10.6. The Bertz CT molecular complexity index is 684. The monoisotopic (exact) mass is 362 g/mol. The molecule has 0 aliphatic rings. The number of methoxy groups -OCH3 is 1. The number of benzene rings is 2. The molecular weight excluding hydrogens is 348 g/mol. The lowest BCUT2D eigenvalue weighted by Crippen LogP contribution is -2.17. The predicted octanol–water partition coefficient (Wildman–Crippen LogP) is 3.07. The smallest absolute Gasteiger partial charge is 0.271 e. The molecule has 2 rings (SSSR count). The number of phenolic OH excluding ortho intramolecular Hbond substituents is 1. The van der Waals surface area contributed by atoms with Crippen molar-refractivity contribution in [3.8, 4) is 5.75 Å². The van der Waals surface area contributed by atoms with Crippen LogP contribution in [-0.4, -0.2) is 24.3 Å². The van der Waals surface area contributed by atoms with Crippen LogP contribution in [0.4, 0.5) is 0 Å². The van der Waals surface area contributed by atoms with E-state index in [9.17, 15) is 9.90 Å². The fourth-order valence-electron chi connectivity index (χ4n) is 1.77. The van der Waals surface area contributed by atoms with Crippen molar-refractivity contribution in [2.24, 2.45) is 5.10 Å². The summed E-state index contributed by atoms with van der Waals surface area (Å²) in [5.41, 5.74) is 4.41. The summed E-state index contributed by atoms with van der Waals surface area (Å²) >= 11 is 3.30. The van der Waals surface area contributed by atoms with E-state index in [-0.39, 0.29) is 11.7 Å². The van der Waals surface area contributed by atoms with Crippen molar-refractivity contribution in [2.45, 2.75) is 6.61 Å². The van der Waals surface area contributed by atoms with Crippen molar-refractivity contribution in [1.82, 2.24) is 5.43 Å². The normalized spacial score (nSPS) is 10.8. The summed E-state index contributed by atoms with van der Waals surface area (Å²) in [6.45, 7) is 0.502. The van der Waals surface area contributed by atoms with Gasteiger partial charge < -0.3 is 9.84 Å². The topological polar surface area (TPSA) is 70.9 Å². The zero-order chi connectivity index (χ0) is 15.9. The Kier molecular flexibility index (Phi) is 5.68. The summed E-state index contributed by atoms with van der Waals surface area (Å²) in [6.07, 6.45) is 1.39. The van der Waals surface area contributed by atoms with Crippen LogP contribution in [0.25, 0.3) is 0 Å². The molecule has 0 spiro atoms. The second-order valence-electron chi connectivity index (χ2n) is 4.53. The molecule has 5 nitrogen and oxygen atoms in total. The molecule has 0 atom stereocenters. The van der Waals surface area contributed by atoms with Gasteiger partial charge in [0.05, 0.1) is 12.8 Å². The fraction of sp³-hybridized carbons (Fsp3) is 0.125.